The topological polar surface area (TPSA) is 58.1 Å². The molecule has 1 fully saturated rings. The van der Waals surface area contributed by atoms with Crippen molar-refractivity contribution in [1.82, 2.24) is 15.3 Å². The zero-order valence-corrected chi connectivity index (χ0v) is 12.9. The predicted octanol–water partition coefficient (Wildman–Crippen LogP) is 2.42. The highest BCUT2D eigenvalue weighted by molar-refractivity contribution is 5.98. The zero-order valence-electron chi connectivity index (χ0n) is 12.9. The predicted molar refractivity (Wildman–Crippen MR) is 85.7 cm³/mol. The molecule has 2 aromatic heterocycles. The summed E-state index contributed by atoms with van der Waals surface area (Å²) in [5, 5.41) is 2.68. The number of hydrogen-bond acceptors (Lipinski definition) is 4. The first-order valence-corrected chi connectivity index (χ1v) is 7.53. The lowest BCUT2D eigenvalue weighted by atomic mass is 10.1. The number of rotatable bonds is 5. The fourth-order valence-corrected chi connectivity index (χ4v) is 2.84. The lowest BCUT2D eigenvalue weighted by Gasteiger charge is -2.30. The number of aromatic nitrogens is 2. The van der Waals surface area contributed by atoms with Crippen molar-refractivity contribution in [1.29, 1.82) is 0 Å². The third kappa shape index (κ3) is 2.79. The molecule has 0 aliphatic heterocycles. The molecule has 0 aromatic carbocycles. The molecular formula is C17H20N4O. The second-order valence-corrected chi connectivity index (χ2v) is 5.60. The van der Waals surface area contributed by atoms with Gasteiger partial charge in [-0.25, -0.2) is 4.98 Å². The summed E-state index contributed by atoms with van der Waals surface area (Å²) < 4.78 is 0. The van der Waals surface area contributed by atoms with Gasteiger partial charge in [-0.2, -0.15) is 0 Å². The number of hydrogen-bond donors (Lipinski definition) is 1. The van der Waals surface area contributed by atoms with Crippen LogP contribution in [0.4, 0.5) is 5.82 Å². The Morgan fingerprint density at radius 3 is 2.64 bits per heavy atom. The average Bonchev–Trinajstić information content (AvgIpc) is 3.40. The Balaban J connectivity index is 1.98. The maximum absolute atomic E-state index is 12.1. The monoisotopic (exact) mass is 296 g/mol. The molecule has 1 aliphatic carbocycles. The summed E-state index contributed by atoms with van der Waals surface area (Å²) in [6, 6.07) is 9.71. The summed E-state index contributed by atoms with van der Waals surface area (Å²) in [6.45, 7) is 0. The van der Waals surface area contributed by atoms with Gasteiger partial charge < -0.3 is 10.2 Å². The van der Waals surface area contributed by atoms with Gasteiger partial charge >= 0.3 is 0 Å². The normalized spacial score (nSPS) is 15.2. The highest BCUT2D eigenvalue weighted by atomic mass is 16.1. The minimum absolute atomic E-state index is 0.120. The molecule has 5 nitrogen and oxygen atoms in total. The maximum Gasteiger partial charge on any atom is 0.254 e. The second kappa shape index (κ2) is 6.13. The van der Waals surface area contributed by atoms with E-state index in [1.165, 1.54) is 12.8 Å². The van der Waals surface area contributed by atoms with Crippen molar-refractivity contribution in [2.24, 2.45) is 5.92 Å². The van der Waals surface area contributed by atoms with Crippen LogP contribution in [0, 0.1) is 5.92 Å². The van der Waals surface area contributed by atoms with Crippen molar-refractivity contribution >= 4 is 11.7 Å². The number of pyridine rings is 2. The van der Waals surface area contributed by atoms with Crippen molar-refractivity contribution in [2.75, 3.05) is 19.0 Å². The molecule has 114 valence electrons. The Morgan fingerprint density at radius 1 is 1.23 bits per heavy atom. The van der Waals surface area contributed by atoms with E-state index in [2.05, 4.69) is 20.2 Å². The molecule has 1 N–H and O–H groups in total. The fourth-order valence-electron chi connectivity index (χ4n) is 2.84. The van der Waals surface area contributed by atoms with E-state index in [-0.39, 0.29) is 11.9 Å². The van der Waals surface area contributed by atoms with Crippen LogP contribution < -0.4 is 10.2 Å². The van der Waals surface area contributed by atoms with Crippen LogP contribution in [0.15, 0.2) is 42.7 Å². The Labute approximate surface area is 130 Å². The minimum Gasteiger partial charge on any atom is -0.355 e. The van der Waals surface area contributed by atoms with Crippen molar-refractivity contribution < 1.29 is 4.79 Å². The van der Waals surface area contributed by atoms with E-state index in [1.807, 2.05) is 31.4 Å². The first-order chi connectivity index (χ1) is 10.7. The highest BCUT2D eigenvalue weighted by Crippen LogP contribution is 2.44. The van der Waals surface area contributed by atoms with Gasteiger partial charge in [0.2, 0.25) is 0 Å². The quantitative estimate of drug-likeness (QED) is 0.920. The van der Waals surface area contributed by atoms with Crippen LogP contribution in [0.5, 0.6) is 0 Å². The summed E-state index contributed by atoms with van der Waals surface area (Å²) in [5.74, 6) is 1.15. The molecule has 0 saturated heterocycles. The van der Waals surface area contributed by atoms with Gasteiger partial charge in [0.1, 0.15) is 5.82 Å². The summed E-state index contributed by atoms with van der Waals surface area (Å²) in [4.78, 5) is 23.1. The van der Waals surface area contributed by atoms with Crippen LogP contribution in [-0.2, 0) is 0 Å². The summed E-state index contributed by atoms with van der Waals surface area (Å²) in [6.07, 6.45) is 5.92. The van der Waals surface area contributed by atoms with E-state index in [9.17, 15) is 4.79 Å². The number of carbonyl (C=O) groups is 1. The van der Waals surface area contributed by atoms with Crippen LogP contribution in [-0.4, -0.2) is 30.0 Å². The Kier molecular flexibility index (Phi) is 4.04. The van der Waals surface area contributed by atoms with Crippen LogP contribution in [0.25, 0.3) is 0 Å². The van der Waals surface area contributed by atoms with Gasteiger partial charge in [-0.3, -0.25) is 9.78 Å². The number of anilines is 1. The largest absolute Gasteiger partial charge is 0.355 e. The summed E-state index contributed by atoms with van der Waals surface area (Å²) >= 11 is 0. The SMILES string of the molecule is CNC(=O)c1cccnc1N(C)C(c1ccccn1)C1CC1. The number of carbonyl (C=O) groups excluding carboxylic acids is 1. The van der Waals surface area contributed by atoms with Gasteiger partial charge in [0, 0.05) is 26.5 Å². The van der Waals surface area contributed by atoms with Gasteiger partial charge in [-0.05, 0) is 43.0 Å². The standard InChI is InChI=1S/C17H20N4O/c1-18-17(22)13-6-5-11-20-16(13)21(2)15(12-8-9-12)14-7-3-4-10-19-14/h3-7,10-12,15H,8-9H2,1-2H3,(H,18,22). The molecule has 2 heterocycles. The van der Waals surface area contributed by atoms with Crippen molar-refractivity contribution in [2.45, 2.75) is 18.9 Å². The Bertz CT molecular complexity index is 655. The van der Waals surface area contributed by atoms with E-state index in [0.29, 0.717) is 17.3 Å². The molecule has 1 atom stereocenters. The maximum atomic E-state index is 12.1. The Hall–Kier alpha value is -2.43. The number of nitrogens with zero attached hydrogens (tertiary/aromatic N) is 3. The van der Waals surface area contributed by atoms with Crippen LogP contribution in [0.3, 0.4) is 0 Å². The first-order valence-electron chi connectivity index (χ1n) is 7.53. The smallest absolute Gasteiger partial charge is 0.254 e. The van der Waals surface area contributed by atoms with E-state index in [0.717, 1.165) is 5.69 Å². The molecule has 5 heteroatoms. The zero-order chi connectivity index (χ0) is 15.5. The van der Waals surface area contributed by atoms with Crippen molar-refractivity contribution in [3.8, 4) is 0 Å². The molecule has 0 radical (unpaired) electrons. The molecule has 1 saturated carbocycles. The number of nitrogens with one attached hydrogen (secondary N) is 1. The summed E-state index contributed by atoms with van der Waals surface area (Å²) in [7, 11) is 3.63. The molecule has 1 amide bonds. The van der Waals surface area contributed by atoms with Gasteiger partial charge in [-0.1, -0.05) is 6.07 Å². The van der Waals surface area contributed by atoms with Gasteiger partial charge in [0.15, 0.2) is 0 Å². The lowest BCUT2D eigenvalue weighted by molar-refractivity contribution is 0.0963. The van der Waals surface area contributed by atoms with Crippen molar-refractivity contribution in [3.05, 3.63) is 54.0 Å². The van der Waals surface area contributed by atoms with Crippen molar-refractivity contribution in [3.63, 3.8) is 0 Å². The minimum atomic E-state index is -0.120. The highest BCUT2D eigenvalue weighted by Gasteiger charge is 2.37. The van der Waals surface area contributed by atoms with E-state index in [4.69, 9.17) is 0 Å². The summed E-state index contributed by atoms with van der Waals surface area (Å²) in [5.41, 5.74) is 1.62. The van der Waals surface area contributed by atoms with Gasteiger partial charge in [-0.15, -0.1) is 0 Å². The van der Waals surface area contributed by atoms with Gasteiger partial charge in [0.05, 0.1) is 17.3 Å². The first kappa shape index (κ1) is 14.5. The molecule has 2 aromatic rings. The van der Waals surface area contributed by atoms with Crippen LogP contribution >= 0.6 is 0 Å². The van der Waals surface area contributed by atoms with E-state index >= 15 is 0 Å². The van der Waals surface area contributed by atoms with Crippen LogP contribution in [0.1, 0.15) is 34.9 Å². The molecular weight excluding hydrogens is 276 g/mol. The van der Waals surface area contributed by atoms with Gasteiger partial charge in [0.25, 0.3) is 5.91 Å². The van der Waals surface area contributed by atoms with E-state index < -0.39 is 0 Å². The molecule has 3 rings (SSSR count). The third-order valence-corrected chi connectivity index (χ3v) is 4.07. The average molecular weight is 296 g/mol. The molecule has 0 spiro atoms. The third-order valence-electron chi connectivity index (χ3n) is 4.07. The van der Waals surface area contributed by atoms with Crippen LogP contribution in [0.2, 0.25) is 0 Å². The lowest BCUT2D eigenvalue weighted by Crippen LogP contribution is -2.30. The molecule has 22 heavy (non-hydrogen) atoms. The number of amides is 1. The fraction of sp³-hybridized carbons (Fsp3) is 0.353. The molecule has 0 bridgehead atoms. The molecule has 1 unspecified atom stereocenters. The second-order valence-electron chi connectivity index (χ2n) is 5.60. The molecule has 1 aliphatic rings. The van der Waals surface area contributed by atoms with E-state index in [1.54, 1.807) is 25.4 Å². The Morgan fingerprint density at radius 2 is 2.00 bits per heavy atom.